The standard InChI is InChI=1S/C29H43N3O4S/c1-9-25(28(34)30-29(5,6)7)31(20-24-14-11-10-13-22(24)3)27(33)15-12-18-32(37(8,35)36)26-19-21(2)16-17-23(26)4/h10-11,13-14,16-17,19,25H,9,12,15,18,20H2,1-8H3,(H,30,34)/t25-/m1/s1. The monoisotopic (exact) mass is 529 g/mol. The van der Waals surface area contributed by atoms with Crippen molar-refractivity contribution in [2.45, 2.75) is 85.9 Å². The molecule has 1 N–H and O–H groups in total. The molecule has 8 heteroatoms. The van der Waals surface area contributed by atoms with Crippen molar-refractivity contribution in [1.82, 2.24) is 10.2 Å². The average Bonchev–Trinajstić information content (AvgIpc) is 2.77. The van der Waals surface area contributed by atoms with Gasteiger partial charge in [0.2, 0.25) is 21.8 Å². The van der Waals surface area contributed by atoms with Crippen LogP contribution in [0, 0.1) is 20.8 Å². The van der Waals surface area contributed by atoms with E-state index < -0.39 is 21.6 Å². The summed E-state index contributed by atoms with van der Waals surface area (Å²) in [7, 11) is -3.54. The van der Waals surface area contributed by atoms with Crippen LogP contribution in [0.2, 0.25) is 0 Å². The molecule has 0 spiro atoms. The number of nitrogens with zero attached hydrogens (tertiary/aromatic N) is 2. The Morgan fingerprint density at radius 2 is 1.65 bits per heavy atom. The Balaban J connectivity index is 2.29. The van der Waals surface area contributed by atoms with Crippen molar-refractivity contribution in [2.24, 2.45) is 0 Å². The number of amides is 2. The molecule has 204 valence electrons. The van der Waals surface area contributed by atoms with Gasteiger partial charge in [-0.15, -0.1) is 0 Å². The number of hydrogen-bond donors (Lipinski definition) is 1. The summed E-state index contributed by atoms with van der Waals surface area (Å²) < 4.78 is 26.6. The SMILES string of the molecule is CC[C@H](C(=O)NC(C)(C)C)N(Cc1ccccc1C)C(=O)CCCN(c1cc(C)ccc1C)S(C)(=O)=O. The van der Waals surface area contributed by atoms with E-state index >= 15 is 0 Å². The number of rotatable bonds is 11. The molecule has 1 atom stereocenters. The van der Waals surface area contributed by atoms with Crippen LogP contribution in [0.15, 0.2) is 42.5 Å². The lowest BCUT2D eigenvalue weighted by Crippen LogP contribution is -2.53. The predicted octanol–water partition coefficient (Wildman–Crippen LogP) is 4.88. The van der Waals surface area contributed by atoms with Gasteiger partial charge in [0.1, 0.15) is 6.04 Å². The van der Waals surface area contributed by atoms with Gasteiger partial charge in [0.25, 0.3) is 0 Å². The smallest absolute Gasteiger partial charge is 0.243 e. The van der Waals surface area contributed by atoms with Crippen molar-refractivity contribution < 1.29 is 18.0 Å². The Hall–Kier alpha value is -2.87. The van der Waals surface area contributed by atoms with Crippen LogP contribution in [0.5, 0.6) is 0 Å². The van der Waals surface area contributed by atoms with Crippen molar-refractivity contribution >= 4 is 27.5 Å². The molecule has 0 radical (unpaired) electrons. The van der Waals surface area contributed by atoms with Gasteiger partial charge in [-0.1, -0.05) is 43.3 Å². The van der Waals surface area contributed by atoms with Crippen LogP contribution in [0.3, 0.4) is 0 Å². The van der Waals surface area contributed by atoms with Crippen LogP contribution in [0.4, 0.5) is 5.69 Å². The van der Waals surface area contributed by atoms with E-state index in [0.29, 0.717) is 25.1 Å². The Kier molecular flexibility index (Phi) is 10.3. The summed E-state index contributed by atoms with van der Waals surface area (Å²) in [5.41, 5.74) is 4.04. The highest BCUT2D eigenvalue weighted by Gasteiger charge is 2.31. The molecular weight excluding hydrogens is 486 g/mol. The summed E-state index contributed by atoms with van der Waals surface area (Å²) >= 11 is 0. The van der Waals surface area contributed by atoms with Crippen molar-refractivity contribution in [3.05, 3.63) is 64.7 Å². The van der Waals surface area contributed by atoms with Crippen LogP contribution in [-0.2, 0) is 26.2 Å². The molecule has 0 saturated heterocycles. The molecule has 0 heterocycles. The third-order valence-corrected chi connectivity index (χ3v) is 7.45. The first-order chi connectivity index (χ1) is 17.1. The van der Waals surface area contributed by atoms with Crippen LogP contribution < -0.4 is 9.62 Å². The van der Waals surface area contributed by atoms with E-state index in [0.717, 1.165) is 22.3 Å². The first-order valence-electron chi connectivity index (χ1n) is 12.8. The summed E-state index contributed by atoms with van der Waals surface area (Å²) in [4.78, 5) is 28.4. The second-order valence-electron chi connectivity index (χ2n) is 10.8. The third kappa shape index (κ3) is 8.88. The van der Waals surface area contributed by atoms with Crippen LogP contribution in [0.25, 0.3) is 0 Å². The first kappa shape index (κ1) is 30.4. The zero-order valence-electron chi connectivity index (χ0n) is 23.6. The minimum absolute atomic E-state index is 0.127. The number of benzene rings is 2. The van der Waals surface area contributed by atoms with Crippen LogP contribution in [0.1, 0.15) is 69.2 Å². The molecule has 0 aliphatic heterocycles. The molecule has 0 fully saturated rings. The van der Waals surface area contributed by atoms with Gasteiger partial charge in [0, 0.05) is 25.0 Å². The molecule has 0 aliphatic rings. The Bertz CT molecular complexity index is 1200. The third-order valence-electron chi connectivity index (χ3n) is 6.27. The number of nitrogens with one attached hydrogen (secondary N) is 1. The van der Waals surface area contributed by atoms with Crippen LogP contribution >= 0.6 is 0 Å². The minimum Gasteiger partial charge on any atom is -0.350 e. The molecular formula is C29H43N3O4S. The fourth-order valence-electron chi connectivity index (χ4n) is 4.31. The summed E-state index contributed by atoms with van der Waals surface area (Å²) in [5, 5.41) is 3.01. The van der Waals surface area contributed by atoms with Crippen molar-refractivity contribution in [1.29, 1.82) is 0 Å². The lowest BCUT2D eigenvalue weighted by Gasteiger charge is -2.33. The molecule has 2 amide bonds. The van der Waals surface area contributed by atoms with Gasteiger partial charge >= 0.3 is 0 Å². The second kappa shape index (κ2) is 12.6. The van der Waals surface area contributed by atoms with Crippen LogP contribution in [-0.4, -0.2) is 49.5 Å². The molecule has 2 aromatic carbocycles. The van der Waals surface area contributed by atoms with E-state index in [1.165, 1.54) is 10.6 Å². The maximum Gasteiger partial charge on any atom is 0.243 e. The largest absolute Gasteiger partial charge is 0.350 e. The van der Waals surface area contributed by atoms with E-state index in [1.54, 1.807) is 4.90 Å². The summed E-state index contributed by atoms with van der Waals surface area (Å²) in [6.07, 6.45) is 2.12. The number of sulfonamides is 1. The second-order valence-corrected chi connectivity index (χ2v) is 12.7. The van der Waals surface area contributed by atoms with Gasteiger partial charge in [-0.25, -0.2) is 8.42 Å². The van der Waals surface area contributed by atoms with Gasteiger partial charge < -0.3 is 10.2 Å². The van der Waals surface area contributed by atoms with Gasteiger partial charge in [0.05, 0.1) is 11.9 Å². The maximum atomic E-state index is 13.6. The number of hydrogen-bond acceptors (Lipinski definition) is 4. The average molecular weight is 530 g/mol. The summed E-state index contributed by atoms with van der Waals surface area (Å²) in [6, 6.07) is 12.9. The minimum atomic E-state index is -3.54. The molecule has 2 rings (SSSR count). The van der Waals surface area contributed by atoms with Gasteiger partial charge in [-0.3, -0.25) is 13.9 Å². The molecule has 0 aliphatic carbocycles. The van der Waals surface area contributed by atoms with Crippen molar-refractivity contribution in [2.75, 3.05) is 17.1 Å². The van der Waals surface area contributed by atoms with E-state index in [2.05, 4.69) is 5.32 Å². The molecule has 2 aromatic rings. The Morgan fingerprint density at radius 1 is 1.00 bits per heavy atom. The Morgan fingerprint density at radius 3 is 2.22 bits per heavy atom. The number of carbonyl (C=O) groups excluding carboxylic acids is 2. The predicted molar refractivity (Wildman–Crippen MR) is 151 cm³/mol. The zero-order valence-corrected chi connectivity index (χ0v) is 24.4. The normalized spacial score (nSPS) is 12.6. The molecule has 37 heavy (non-hydrogen) atoms. The lowest BCUT2D eigenvalue weighted by molar-refractivity contribution is -0.142. The highest BCUT2D eigenvalue weighted by molar-refractivity contribution is 7.92. The topological polar surface area (TPSA) is 86.8 Å². The fourth-order valence-corrected chi connectivity index (χ4v) is 5.33. The quantitative estimate of drug-likeness (QED) is 0.449. The van der Waals surface area contributed by atoms with E-state index in [-0.39, 0.29) is 24.8 Å². The summed E-state index contributed by atoms with van der Waals surface area (Å²) in [5.74, 6) is -0.362. The lowest BCUT2D eigenvalue weighted by atomic mass is 10.0. The zero-order chi connectivity index (χ0) is 28.0. The van der Waals surface area contributed by atoms with E-state index in [9.17, 15) is 18.0 Å². The molecule has 0 saturated carbocycles. The number of anilines is 1. The van der Waals surface area contributed by atoms with Crippen molar-refractivity contribution in [3.8, 4) is 0 Å². The van der Waals surface area contributed by atoms with E-state index in [4.69, 9.17) is 0 Å². The fraction of sp³-hybridized carbons (Fsp3) is 0.517. The first-order valence-corrected chi connectivity index (χ1v) is 14.7. The van der Waals surface area contributed by atoms with Gasteiger partial charge in [0.15, 0.2) is 0 Å². The van der Waals surface area contributed by atoms with E-state index in [1.807, 2.05) is 90.9 Å². The number of aryl methyl sites for hydroxylation is 3. The molecule has 7 nitrogen and oxygen atoms in total. The number of carbonyl (C=O) groups is 2. The van der Waals surface area contributed by atoms with Gasteiger partial charge in [-0.05, 0) is 82.7 Å². The Labute approximate surface area is 223 Å². The maximum absolute atomic E-state index is 13.6. The molecule has 0 bridgehead atoms. The van der Waals surface area contributed by atoms with Crippen molar-refractivity contribution in [3.63, 3.8) is 0 Å². The summed E-state index contributed by atoms with van der Waals surface area (Å²) in [6.45, 7) is 13.9. The highest BCUT2D eigenvalue weighted by atomic mass is 32.2. The molecule has 0 unspecified atom stereocenters. The highest BCUT2D eigenvalue weighted by Crippen LogP contribution is 2.25. The molecule has 0 aromatic heterocycles. The van der Waals surface area contributed by atoms with Gasteiger partial charge in [-0.2, -0.15) is 0 Å².